The fourth-order valence-corrected chi connectivity index (χ4v) is 7.02. The summed E-state index contributed by atoms with van der Waals surface area (Å²) in [4.78, 5) is 32.2. The van der Waals surface area contributed by atoms with Crippen molar-refractivity contribution >= 4 is 45.9 Å². The fourth-order valence-electron chi connectivity index (χ4n) is 6.46. The Morgan fingerprint density at radius 2 is 1.46 bits per heavy atom. The summed E-state index contributed by atoms with van der Waals surface area (Å²) in [5.74, 6) is -0.414. The highest BCUT2D eigenvalue weighted by molar-refractivity contribution is 6.39. The molecule has 3 saturated heterocycles. The Balaban J connectivity index is 1.02. The molecule has 0 saturated carbocycles. The van der Waals surface area contributed by atoms with Gasteiger partial charge in [0, 0.05) is 50.8 Å². The summed E-state index contributed by atoms with van der Waals surface area (Å²) < 4.78 is 13.5. The summed E-state index contributed by atoms with van der Waals surface area (Å²) >= 11 is 12.4. The van der Waals surface area contributed by atoms with Crippen molar-refractivity contribution in [2.75, 3.05) is 26.2 Å². The zero-order valence-electron chi connectivity index (χ0n) is 21.6. The van der Waals surface area contributed by atoms with Crippen LogP contribution in [0.1, 0.15) is 41.6 Å². The Bertz CT molecular complexity index is 1380. The third-order valence-corrected chi connectivity index (χ3v) is 9.10. The smallest absolute Gasteiger partial charge is 0.317 e. The van der Waals surface area contributed by atoms with Crippen LogP contribution in [0.2, 0.25) is 10.0 Å². The van der Waals surface area contributed by atoms with Gasteiger partial charge in [0.15, 0.2) is 0 Å². The Hall–Kier alpha value is -2.87. The largest absolute Gasteiger partial charge is 0.335 e. The maximum absolute atomic E-state index is 13.5. The van der Waals surface area contributed by atoms with Gasteiger partial charge < -0.3 is 15.1 Å². The van der Waals surface area contributed by atoms with Gasteiger partial charge in [-0.15, -0.1) is 0 Å². The summed E-state index contributed by atoms with van der Waals surface area (Å²) in [7, 11) is 0. The van der Waals surface area contributed by atoms with Crippen LogP contribution in [0.15, 0.2) is 54.6 Å². The van der Waals surface area contributed by atoms with E-state index in [0.29, 0.717) is 53.9 Å². The number of piperazine rings is 1. The highest BCUT2D eigenvalue weighted by Gasteiger charge is 2.41. The topological polar surface area (TPSA) is 55.9 Å². The fraction of sp³-hybridized carbons (Fsp3) is 0.400. The van der Waals surface area contributed by atoms with E-state index in [1.165, 1.54) is 11.6 Å². The summed E-state index contributed by atoms with van der Waals surface area (Å²) in [5.41, 5.74) is 1.55. The lowest BCUT2D eigenvalue weighted by atomic mass is 9.96. The van der Waals surface area contributed by atoms with Gasteiger partial charge in [-0.25, -0.2) is 9.18 Å². The van der Waals surface area contributed by atoms with Gasteiger partial charge in [-0.1, -0.05) is 47.5 Å². The second kappa shape index (κ2) is 11.0. The number of hydrogen-bond acceptors (Lipinski definition) is 3. The average molecular weight is 570 g/mol. The van der Waals surface area contributed by atoms with Crippen molar-refractivity contribution in [1.82, 2.24) is 20.0 Å². The lowest BCUT2D eigenvalue weighted by Crippen LogP contribution is -2.56. The zero-order chi connectivity index (χ0) is 27.1. The van der Waals surface area contributed by atoms with Crippen molar-refractivity contribution < 1.29 is 14.0 Å². The molecule has 39 heavy (non-hydrogen) atoms. The number of hydrogen-bond donors (Lipinski definition) is 1. The van der Waals surface area contributed by atoms with E-state index in [1.807, 2.05) is 12.1 Å². The standard InChI is InChI=1S/C30H31Cl2FN4O2/c31-26-2-1-3-27(32)28(26)29(38)35-10-12-36(13-11-35)30(39)34-23-16-24-8-9-25(17-23)37(24)18-19-4-5-21-15-22(33)7-6-20(21)14-19/h1-7,14-15,23-25H,8-13,16-18H2,(H,34,39)/t24-,25-/m1/s1. The van der Waals surface area contributed by atoms with E-state index in [9.17, 15) is 14.0 Å². The van der Waals surface area contributed by atoms with Crippen molar-refractivity contribution in [2.45, 2.75) is 50.4 Å². The number of urea groups is 1. The highest BCUT2D eigenvalue weighted by atomic mass is 35.5. The van der Waals surface area contributed by atoms with E-state index in [0.717, 1.165) is 43.0 Å². The minimum Gasteiger partial charge on any atom is -0.335 e. The van der Waals surface area contributed by atoms with Crippen molar-refractivity contribution in [2.24, 2.45) is 0 Å². The van der Waals surface area contributed by atoms with E-state index in [1.54, 1.807) is 34.1 Å². The predicted octanol–water partition coefficient (Wildman–Crippen LogP) is 5.95. The first-order valence-corrected chi connectivity index (χ1v) is 14.3. The van der Waals surface area contributed by atoms with E-state index in [-0.39, 0.29) is 23.8 Å². The Morgan fingerprint density at radius 3 is 2.15 bits per heavy atom. The molecule has 6 nitrogen and oxygen atoms in total. The van der Waals surface area contributed by atoms with Gasteiger partial charge in [0.05, 0.1) is 15.6 Å². The molecule has 0 aliphatic carbocycles. The number of rotatable bonds is 4. The first kappa shape index (κ1) is 26.4. The second-order valence-electron chi connectivity index (χ2n) is 10.9. The third kappa shape index (κ3) is 5.45. The van der Waals surface area contributed by atoms with Gasteiger partial charge >= 0.3 is 6.03 Å². The molecule has 1 N–H and O–H groups in total. The Labute approximate surface area is 237 Å². The van der Waals surface area contributed by atoms with Crippen LogP contribution in [0.5, 0.6) is 0 Å². The third-order valence-electron chi connectivity index (χ3n) is 8.47. The molecule has 3 aromatic rings. The van der Waals surface area contributed by atoms with Crippen molar-refractivity contribution in [3.8, 4) is 0 Å². The van der Waals surface area contributed by atoms with E-state index < -0.39 is 0 Å². The number of nitrogens with one attached hydrogen (secondary N) is 1. The van der Waals surface area contributed by atoms with Crippen LogP contribution in [0, 0.1) is 5.82 Å². The van der Waals surface area contributed by atoms with Gasteiger partial charge in [0.1, 0.15) is 5.82 Å². The molecule has 0 spiro atoms. The SMILES string of the molecule is O=C(NC1C[C@H]2CC[C@H](C1)N2Cc1ccc2cc(F)ccc2c1)N1CCN(C(=O)c2c(Cl)cccc2Cl)CC1. The minimum atomic E-state index is -0.213. The van der Waals surface area contributed by atoms with Crippen molar-refractivity contribution in [3.05, 3.63) is 81.6 Å². The van der Waals surface area contributed by atoms with Crippen LogP contribution in [-0.4, -0.2) is 70.9 Å². The van der Waals surface area contributed by atoms with Gasteiger partial charge in [-0.05, 0) is 72.4 Å². The van der Waals surface area contributed by atoms with Crippen molar-refractivity contribution in [1.29, 1.82) is 0 Å². The average Bonchev–Trinajstić information content (AvgIpc) is 3.15. The number of piperidine rings is 1. The van der Waals surface area contributed by atoms with Gasteiger partial charge in [-0.3, -0.25) is 9.69 Å². The lowest BCUT2D eigenvalue weighted by Gasteiger charge is -2.41. The Kier molecular flexibility index (Phi) is 7.40. The second-order valence-corrected chi connectivity index (χ2v) is 11.7. The molecule has 3 aliphatic rings. The summed E-state index contributed by atoms with van der Waals surface area (Å²) in [6.45, 7) is 2.69. The van der Waals surface area contributed by atoms with E-state index >= 15 is 0 Å². The monoisotopic (exact) mass is 568 g/mol. The molecule has 3 fully saturated rings. The van der Waals surface area contributed by atoms with Gasteiger partial charge in [0.25, 0.3) is 5.91 Å². The Morgan fingerprint density at radius 1 is 0.846 bits per heavy atom. The van der Waals surface area contributed by atoms with Crippen LogP contribution < -0.4 is 5.32 Å². The lowest BCUT2D eigenvalue weighted by molar-refractivity contribution is 0.0655. The van der Waals surface area contributed by atoms with Gasteiger partial charge in [0.2, 0.25) is 0 Å². The molecule has 3 heterocycles. The van der Waals surface area contributed by atoms with Crippen molar-refractivity contribution in [3.63, 3.8) is 0 Å². The molecule has 2 bridgehead atoms. The number of halogens is 3. The first-order valence-electron chi connectivity index (χ1n) is 13.6. The number of benzene rings is 3. The first-order chi connectivity index (χ1) is 18.9. The number of carbonyl (C=O) groups is 2. The zero-order valence-corrected chi connectivity index (χ0v) is 23.1. The highest BCUT2D eigenvalue weighted by Crippen LogP contribution is 2.37. The maximum atomic E-state index is 13.5. The molecule has 0 aromatic heterocycles. The molecule has 3 aliphatic heterocycles. The molecular formula is C30H31Cl2FN4O2. The molecule has 3 aromatic carbocycles. The number of amides is 3. The molecule has 9 heteroatoms. The van der Waals surface area contributed by atoms with Crippen LogP contribution >= 0.6 is 23.2 Å². The molecule has 6 rings (SSSR count). The predicted molar refractivity (Wildman–Crippen MR) is 152 cm³/mol. The van der Waals surface area contributed by atoms with E-state index in [2.05, 4.69) is 22.3 Å². The quantitative estimate of drug-likeness (QED) is 0.423. The maximum Gasteiger partial charge on any atom is 0.317 e. The normalized spacial score (nSPS) is 23.3. The molecule has 3 amide bonds. The molecule has 0 radical (unpaired) electrons. The number of fused-ring (bicyclic) bond motifs is 3. The summed E-state index contributed by atoms with van der Waals surface area (Å²) in [6.07, 6.45) is 4.15. The summed E-state index contributed by atoms with van der Waals surface area (Å²) in [6, 6.07) is 17.2. The molecule has 0 unspecified atom stereocenters. The van der Waals surface area contributed by atoms with Crippen LogP contribution in [0.25, 0.3) is 10.8 Å². The van der Waals surface area contributed by atoms with E-state index in [4.69, 9.17) is 23.2 Å². The van der Waals surface area contributed by atoms with Crippen LogP contribution in [0.3, 0.4) is 0 Å². The molecule has 2 atom stereocenters. The van der Waals surface area contributed by atoms with Crippen LogP contribution in [-0.2, 0) is 6.54 Å². The summed E-state index contributed by atoms with van der Waals surface area (Å²) in [5, 5.41) is 5.92. The number of carbonyl (C=O) groups excluding carboxylic acids is 2. The molecule has 204 valence electrons. The number of nitrogens with zero attached hydrogens (tertiary/aromatic N) is 3. The molecular weight excluding hydrogens is 538 g/mol. The van der Waals surface area contributed by atoms with Crippen LogP contribution in [0.4, 0.5) is 9.18 Å². The van der Waals surface area contributed by atoms with Gasteiger partial charge in [-0.2, -0.15) is 0 Å². The minimum absolute atomic E-state index is 0.0579.